The van der Waals surface area contributed by atoms with Crippen molar-refractivity contribution < 1.29 is 13.9 Å². The summed E-state index contributed by atoms with van der Waals surface area (Å²) in [5, 5.41) is 13.6. The van der Waals surface area contributed by atoms with E-state index in [4.69, 9.17) is 4.74 Å². The van der Waals surface area contributed by atoms with E-state index in [0.29, 0.717) is 30.2 Å². The molecule has 34 heavy (non-hydrogen) atoms. The molecule has 0 bridgehead atoms. The number of hydrogen-bond acceptors (Lipinski definition) is 6. The van der Waals surface area contributed by atoms with Gasteiger partial charge in [0.1, 0.15) is 6.33 Å². The third kappa shape index (κ3) is 3.50. The van der Waals surface area contributed by atoms with Crippen LogP contribution in [0.25, 0.3) is 10.9 Å². The SMILES string of the molecule is C[C@@H]1Cc2c(ncnc2Oc2ccc3c(ccn3C(=O)Nc3cc(C4(C)CC4)[nH]n3)c2F)CN1. The third-order valence-corrected chi connectivity index (χ3v) is 6.78. The first-order valence-electron chi connectivity index (χ1n) is 11.3. The summed E-state index contributed by atoms with van der Waals surface area (Å²) in [6.45, 7) is 4.84. The Labute approximate surface area is 194 Å². The average molecular weight is 462 g/mol. The van der Waals surface area contributed by atoms with E-state index in [9.17, 15) is 4.79 Å². The van der Waals surface area contributed by atoms with Crippen molar-refractivity contribution in [3.05, 3.63) is 59.6 Å². The lowest BCUT2D eigenvalue weighted by Crippen LogP contribution is -2.33. The van der Waals surface area contributed by atoms with Gasteiger partial charge in [0.15, 0.2) is 17.4 Å². The number of nitrogens with one attached hydrogen (secondary N) is 3. The minimum Gasteiger partial charge on any atom is -0.436 e. The number of ether oxygens (including phenoxy) is 1. The van der Waals surface area contributed by atoms with Crippen LogP contribution in [0.15, 0.2) is 36.8 Å². The van der Waals surface area contributed by atoms with Gasteiger partial charge in [-0.1, -0.05) is 6.92 Å². The molecule has 0 unspecified atom stereocenters. The monoisotopic (exact) mass is 461 g/mol. The van der Waals surface area contributed by atoms with Crippen LogP contribution in [0.2, 0.25) is 0 Å². The quantitative estimate of drug-likeness (QED) is 0.419. The number of carbonyl (C=O) groups excluding carboxylic acids is 1. The van der Waals surface area contributed by atoms with Crippen molar-refractivity contribution in [1.82, 2.24) is 30.0 Å². The highest BCUT2D eigenvalue weighted by molar-refractivity contribution is 5.98. The predicted octanol–water partition coefficient (Wildman–Crippen LogP) is 4.25. The van der Waals surface area contributed by atoms with Gasteiger partial charge in [0.25, 0.3) is 0 Å². The van der Waals surface area contributed by atoms with Crippen molar-refractivity contribution in [3.63, 3.8) is 0 Å². The molecule has 4 heterocycles. The molecule has 1 amide bonds. The second-order valence-electron chi connectivity index (χ2n) is 9.35. The first kappa shape index (κ1) is 20.8. The summed E-state index contributed by atoms with van der Waals surface area (Å²) >= 11 is 0. The number of hydrogen-bond donors (Lipinski definition) is 3. The lowest BCUT2D eigenvalue weighted by molar-refractivity contribution is 0.254. The number of anilines is 1. The summed E-state index contributed by atoms with van der Waals surface area (Å²) in [5.41, 5.74) is 3.28. The van der Waals surface area contributed by atoms with E-state index < -0.39 is 11.8 Å². The largest absolute Gasteiger partial charge is 0.436 e. The maximum absolute atomic E-state index is 15.4. The zero-order valence-corrected chi connectivity index (χ0v) is 18.9. The fourth-order valence-electron chi connectivity index (χ4n) is 4.37. The Morgan fingerprint density at radius 1 is 1.29 bits per heavy atom. The molecule has 4 aromatic rings. The molecular formula is C24H24FN7O2. The zero-order chi connectivity index (χ0) is 23.4. The Hall–Kier alpha value is -3.79. The van der Waals surface area contributed by atoms with Crippen LogP contribution in [-0.2, 0) is 18.4 Å². The molecule has 1 aliphatic carbocycles. The highest BCUT2D eigenvalue weighted by Crippen LogP contribution is 2.47. The average Bonchev–Trinajstić information content (AvgIpc) is 3.22. The van der Waals surface area contributed by atoms with Gasteiger partial charge in [-0.3, -0.25) is 15.0 Å². The smallest absolute Gasteiger partial charge is 0.331 e. The maximum atomic E-state index is 15.4. The summed E-state index contributed by atoms with van der Waals surface area (Å²) < 4.78 is 22.6. The van der Waals surface area contributed by atoms with Gasteiger partial charge < -0.3 is 10.1 Å². The molecule has 1 saturated carbocycles. The molecule has 1 aromatic carbocycles. The van der Waals surface area contributed by atoms with E-state index in [-0.39, 0.29) is 22.6 Å². The van der Waals surface area contributed by atoms with E-state index in [0.717, 1.165) is 29.8 Å². The summed E-state index contributed by atoms with van der Waals surface area (Å²) in [6.07, 6.45) is 5.85. The molecule has 1 atom stereocenters. The van der Waals surface area contributed by atoms with Crippen molar-refractivity contribution in [2.75, 3.05) is 5.32 Å². The van der Waals surface area contributed by atoms with Gasteiger partial charge in [0, 0.05) is 46.9 Å². The van der Waals surface area contributed by atoms with Crippen LogP contribution in [0.1, 0.15) is 43.6 Å². The Morgan fingerprint density at radius 2 is 2.15 bits per heavy atom. The Kier molecular flexibility index (Phi) is 4.66. The van der Waals surface area contributed by atoms with Crippen LogP contribution < -0.4 is 15.4 Å². The fourth-order valence-corrected chi connectivity index (χ4v) is 4.37. The van der Waals surface area contributed by atoms with Crippen molar-refractivity contribution >= 4 is 22.8 Å². The van der Waals surface area contributed by atoms with Crippen molar-refractivity contribution in [2.24, 2.45) is 0 Å². The number of H-pyrrole nitrogens is 1. The summed E-state index contributed by atoms with van der Waals surface area (Å²) in [7, 11) is 0. The molecule has 9 nitrogen and oxygen atoms in total. The van der Waals surface area contributed by atoms with Crippen LogP contribution in [0, 0.1) is 5.82 Å². The van der Waals surface area contributed by atoms with E-state index in [1.54, 1.807) is 12.1 Å². The van der Waals surface area contributed by atoms with Gasteiger partial charge in [-0.05, 0) is 44.4 Å². The van der Waals surface area contributed by atoms with Crippen molar-refractivity contribution in [3.8, 4) is 11.6 Å². The molecule has 2 aliphatic rings. The van der Waals surface area contributed by atoms with Gasteiger partial charge >= 0.3 is 6.03 Å². The number of nitrogens with zero attached hydrogens (tertiary/aromatic N) is 4. The Morgan fingerprint density at radius 3 is 2.97 bits per heavy atom. The molecule has 0 radical (unpaired) electrons. The number of fused-ring (bicyclic) bond motifs is 2. The number of aromatic amines is 1. The molecule has 3 N–H and O–H groups in total. The van der Waals surface area contributed by atoms with Gasteiger partial charge in [-0.2, -0.15) is 5.10 Å². The molecule has 3 aromatic heterocycles. The molecule has 1 aliphatic heterocycles. The minimum atomic E-state index is -0.554. The molecule has 10 heteroatoms. The van der Waals surface area contributed by atoms with Crippen LogP contribution in [-0.4, -0.2) is 36.8 Å². The number of amides is 1. The number of halogens is 1. The van der Waals surface area contributed by atoms with Crippen molar-refractivity contribution in [2.45, 2.75) is 51.1 Å². The van der Waals surface area contributed by atoms with Gasteiger partial charge in [0.2, 0.25) is 5.88 Å². The van der Waals surface area contributed by atoms with Gasteiger partial charge in [-0.15, -0.1) is 0 Å². The molecule has 6 rings (SSSR count). The third-order valence-electron chi connectivity index (χ3n) is 6.78. The number of rotatable bonds is 4. The fraction of sp³-hybridized carbons (Fsp3) is 0.333. The second-order valence-corrected chi connectivity index (χ2v) is 9.35. The van der Waals surface area contributed by atoms with E-state index >= 15 is 4.39 Å². The standard InChI is InChI=1S/C24H24FN7O2/c1-13-9-15-16(11-26-13)27-12-28-22(15)34-18-4-3-17-14(21(18)25)5-8-32(17)23(33)29-20-10-19(30-31-20)24(2)6-7-24/h3-5,8,10,12-13,26H,6-7,9,11H2,1-2H3,(H2,29,30,31,33)/t13-/m1/s1. The minimum absolute atomic E-state index is 0.0485. The molecule has 0 saturated heterocycles. The van der Waals surface area contributed by atoms with Crippen LogP contribution >= 0.6 is 0 Å². The molecular weight excluding hydrogens is 437 g/mol. The number of benzene rings is 1. The first-order valence-corrected chi connectivity index (χ1v) is 11.3. The maximum Gasteiger partial charge on any atom is 0.331 e. The lowest BCUT2D eigenvalue weighted by atomic mass is 10.0. The van der Waals surface area contributed by atoms with Gasteiger partial charge in [0.05, 0.1) is 11.2 Å². The normalized spacial score (nSPS) is 18.5. The number of carbonyl (C=O) groups is 1. The summed E-state index contributed by atoms with van der Waals surface area (Å²) in [5.74, 6) is 0.287. The highest BCUT2D eigenvalue weighted by atomic mass is 19.1. The summed E-state index contributed by atoms with van der Waals surface area (Å²) in [6, 6.07) is 6.40. The topological polar surface area (TPSA) is 110 Å². The van der Waals surface area contributed by atoms with Crippen LogP contribution in [0.5, 0.6) is 11.6 Å². The van der Waals surface area contributed by atoms with Crippen molar-refractivity contribution in [1.29, 1.82) is 0 Å². The van der Waals surface area contributed by atoms with E-state index in [2.05, 4.69) is 44.6 Å². The molecule has 174 valence electrons. The molecule has 1 fully saturated rings. The van der Waals surface area contributed by atoms with E-state index in [1.165, 1.54) is 23.2 Å². The Balaban J connectivity index is 1.26. The zero-order valence-electron chi connectivity index (χ0n) is 18.9. The highest BCUT2D eigenvalue weighted by Gasteiger charge is 2.40. The number of aromatic nitrogens is 5. The second kappa shape index (κ2) is 7.63. The van der Waals surface area contributed by atoms with Crippen LogP contribution in [0.4, 0.5) is 15.0 Å². The summed E-state index contributed by atoms with van der Waals surface area (Å²) in [4.78, 5) is 21.4. The lowest BCUT2D eigenvalue weighted by Gasteiger charge is -2.23. The molecule has 0 spiro atoms. The Bertz CT molecular complexity index is 1420. The van der Waals surface area contributed by atoms with Gasteiger partial charge in [-0.25, -0.2) is 19.2 Å². The first-order chi connectivity index (χ1) is 16.4. The van der Waals surface area contributed by atoms with Crippen LogP contribution in [0.3, 0.4) is 0 Å². The van der Waals surface area contributed by atoms with E-state index in [1.807, 2.05) is 6.07 Å². The predicted molar refractivity (Wildman–Crippen MR) is 124 cm³/mol.